The molecule has 0 radical (unpaired) electrons. The molecule has 122 valence electrons. The van der Waals surface area contributed by atoms with Crippen molar-refractivity contribution in [3.63, 3.8) is 0 Å². The Kier molecular flexibility index (Phi) is 3.50. The van der Waals surface area contributed by atoms with Crippen LogP contribution in [-0.2, 0) is 9.59 Å². The average molecular weight is 316 g/mol. The molecule has 8 heteroatoms. The van der Waals surface area contributed by atoms with Crippen LogP contribution in [0.5, 0.6) is 0 Å². The summed E-state index contributed by atoms with van der Waals surface area (Å²) >= 11 is 0. The molecule has 4 atom stereocenters. The fraction of sp³-hybridized carbons (Fsp3) is 0.600. The molecule has 4 unspecified atom stereocenters. The maximum absolute atomic E-state index is 12.8. The highest BCUT2D eigenvalue weighted by Crippen LogP contribution is 2.36. The first-order valence-electron chi connectivity index (χ1n) is 8.04. The van der Waals surface area contributed by atoms with Crippen molar-refractivity contribution < 1.29 is 9.59 Å². The molecule has 3 aliphatic heterocycles. The Morgan fingerprint density at radius 3 is 2.74 bits per heavy atom. The standard InChI is InChI=1S/C15H20N6O2/c1-9-4-11(19-18-9)15(23)20-3-2-12-13(20)5-14(22)21(12)10-6-16-8-17-7-10/h6-9,11-13,18-19H,2-5H2,1H3. The molecule has 4 heterocycles. The third-order valence-electron chi connectivity index (χ3n) is 4.99. The lowest BCUT2D eigenvalue weighted by Crippen LogP contribution is -2.48. The van der Waals surface area contributed by atoms with Crippen molar-refractivity contribution in [1.82, 2.24) is 25.7 Å². The van der Waals surface area contributed by atoms with Gasteiger partial charge in [0.2, 0.25) is 11.8 Å². The quantitative estimate of drug-likeness (QED) is 0.760. The summed E-state index contributed by atoms with van der Waals surface area (Å²) in [5.41, 5.74) is 6.86. The smallest absolute Gasteiger partial charge is 0.241 e. The molecule has 1 aromatic rings. The van der Waals surface area contributed by atoms with Crippen LogP contribution in [0.25, 0.3) is 0 Å². The van der Waals surface area contributed by atoms with Gasteiger partial charge in [0.15, 0.2) is 0 Å². The van der Waals surface area contributed by atoms with Crippen molar-refractivity contribution in [1.29, 1.82) is 0 Å². The Bertz CT molecular complexity index is 624. The van der Waals surface area contributed by atoms with Gasteiger partial charge in [-0.05, 0) is 19.8 Å². The number of likely N-dealkylation sites (tertiary alicyclic amines) is 1. The van der Waals surface area contributed by atoms with Crippen molar-refractivity contribution in [3.05, 3.63) is 18.7 Å². The maximum Gasteiger partial charge on any atom is 0.241 e. The largest absolute Gasteiger partial charge is 0.336 e. The second-order valence-electron chi connectivity index (χ2n) is 6.50. The summed E-state index contributed by atoms with van der Waals surface area (Å²) in [5, 5.41) is 0. The van der Waals surface area contributed by atoms with Crippen LogP contribution in [0.2, 0.25) is 0 Å². The highest BCUT2D eigenvalue weighted by Gasteiger charge is 2.50. The third-order valence-corrected chi connectivity index (χ3v) is 4.99. The van der Waals surface area contributed by atoms with Crippen molar-refractivity contribution in [2.75, 3.05) is 11.4 Å². The first-order valence-corrected chi connectivity index (χ1v) is 8.04. The van der Waals surface area contributed by atoms with Gasteiger partial charge in [-0.1, -0.05) is 0 Å². The number of hydrogen-bond acceptors (Lipinski definition) is 6. The molecule has 3 saturated heterocycles. The molecule has 0 spiro atoms. The highest BCUT2D eigenvalue weighted by molar-refractivity contribution is 5.98. The molecule has 8 nitrogen and oxygen atoms in total. The number of rotatable bonds is 2. The number of hydrazine groups is 1. The minimum atomic E-state index is -0.201. The first kappa shape index (κ1) is 14.5. The maximum atomic E-state index is 12.8. The second kappa shape index (κ2) is 5.54. The summed E-state index contributed by atoms with van der Waals surface area (Å²) < 4.78 is 0. The Morgan fingerprint density at radius 2 is 2.04 bits per heavy atom. The number of anilines is 1. The van der Waals surface area contributed by atoms with E-state index in [0.717, 1.165) is 12.8 Å². The lowest BCUT2D eigenvalue weighted by Gasteiger charge is -2.26. The van der Waals surface area contributed by atoms with E-state index < -0.39 is 0 Å². The van der Waals surface area contributed by atoms with E-state index in [1.54, 1.807) is 17.3 Å². The minimum absolute atomic E-state index is 0.0317. The van der Waals surface area contributed by atoms with Crippen molar-refractivity contribution in [2.45, 2.75) is 50.4 Å². The summed E-state index contributed by atoms with van der Waals surface area (Å²) in [6.07, 6.45) is 6.71. The van der Waals surface area contributed by atoms with Crippen LogP contribution in [0, 0.1) is 0 Å². The summed E-state index contributed by atoms with van der Waals surface area (Å²) in [4.78, 5) is 36.8. The zero-order chi connectivity index (χ0) is 16.0. The lowest BCUT2D eigenvalue weighted by atomic mass is 10.1. The molecule has 0 aromatic carbocycles. The topological polar surface area (TPSA) is 90.5 Å². The van der Waals surface area contributed by atoms with Gasteiger partial charge in [-0.2, -0.15) is 0 Å². The fourth-order valence-electron chi connectivity index (χ4n) is 3.95. The Morgan fingerprint density at radius 1 is 1.26 bits per heavy atom. The predicted molar refractivity (Wildman–Crippen MR) is 82.2 cm³/mol. The molecule has 0 bridgehead atoms. The van der Waals surface area contributed by atoms with Crippen LogP contribution in [0.3, 0.4) is 0 Å². The molecule has 3 fully saturated rings. The SMILES string of the molecule is CC1CC(C(=O)N2CCC3C2CC(=O)N3c2cncnc2)NN1. The number of carbonyl (C=O) groups is 2. The van der Waals surface area contributed by atoms with Gasteiger partial charge >= 0.3 is 0 Å². The van der Waals surface area contributed by atoms with Gasteiger partial charge < -0.3 is 9.80 Å². The van der Waals surface area contributed by atoms with Crippen molar-refractivity contribution >= 4 is 17.5 Å². The molecule has 0 saturated carbocycles. The highest BCUT2D eigenvalue weighted by atomic mass is 16.2. The molecule has 1 aromatic heterocycles. The monoisotopic (exact) mass is 316 g/mol. The Balaban J connectivity index is 1.53. The van der Waals surface area contributed by atoms with Crippen LogP contribution in [0.15, 0.2) is 18.7 Å². The number of hydrogen-bond donors (Lipinski definition) is 2. The molecule has 23 heavy (non-hydrogen) atoms. The van der Waals surface area contributed by atoms with Gasteiger partial charge in [0.25, 0.3) is 0 Å². The van der Waals surface area contributed by atoms with E-state index in [2.05, 4.69) is 20.8 Å². The van der Waals surface area contributed by atoms with E-state index in [1.165, 1.54) is 6.33 Å². The number of fused-ring (bicyclic) bond motifs is 1. The van der Waals surface area contributed by atoms with E-state index in [4.69, 9.17) is 0 Å². The van der Waals surface area contributed by atoms with E-state index in [0.29, 0.717) is 18.7 Å². The zero-order valence-electron chi connectivity index (χ0n) is 13.0. The normalized spacial score (nSPS) is 33.3. The number of nitrogens with one attached hydrogen (secondary N) is 2. The van der Waals surface area contributed by atoms with Gasteiger partial charge in [-0.25, -0.2) is 15.4 Å². The molecular weight excluding hydrogens is 296 g/mol. The number of nitrogens with zero attached hydrogens (tertiary/aromatic N) is 4. The second-order valence-corrected chi connectivity index (χ2v) is 6.50. The molecule has 2 N–H and O–H groups in total. The summed E-state index contributed by atoms with van der Waals surface area (Å²) in [6, 6.07) is 0.0654. The number of carbonyl (C=O) groups excluding carboxylic acids is 2. The predicted octanol–water partition coefficient (Wildman–Crippen LogP) is -0.562. The van der Waals surface area contributed by atoms with Crippen LogP contribution in [0.4, 0.5) is 5.69 Å². The van der Waals surface area contributed by atoms with E-state index >= 15 is 0 Å². The molecule has 0 aliphatic carbocycles. The Hall–Kier alpha value is -2.06. The van der Waals surface area contributed by atoms with Crippen LogP contribution in [-0.4, -0.2) is 57.4 Å². The van der Waals surface area contributed by atoms with Crippen LogP contribution >= 0.6 is 0 Å². The van der Waals surface area contributed by atoms with Gasteiger partial charge in [0.1, 0.15) is 12.4 Å². The van der Waals surface area contributed by atoms with Crippen molar-refractivity contribution in [2.24, 2.45) is 0 Å². The van der Waals surface area contributed by atoms with E-state index in [9.17, 15) is 9.59 Å². The van der Waals surface area contributed by atoms with Gasteiger partial charge in [0, 0.05) is 19.0 Å². The molecule has 4 rings (SSSR count). The van der Waals surface area contributed by atoms with Gasteiger partial charge in [0.05, 0.1) is 30.2 Å². The summed E-state index contributed by atoms with van der Waals surface area (Å²) in [7, 11) is 0. The molecule has 2 amide bonds. The Labute approximate surface area is 134 Å². The zero-order valence-corrected chi connectivity index (χ0v) is 13.0. The van der Waals surface area contributed by atoms with Gasteiger partial charge in [-0.3, -0.25) is 15.0 Å². The van der Waals surface area contributed by atoms with E-state index in [-0.39, 0.29) is 36.0 Å². The third kappa shape index (κ3) is 2.38. The first-order chi connectivity index (χ1) is 11.1. The number of aromatic nitrogens is 2. The average Bonchev–Trinajstić information content (AvgIpc) is 3.22. The minimum Gasteiger partial charge on any atom is -0.336 e. The molecular formula is C15H20N6O2. The number of amides is 2. The summed E-state index contributed by atoms with van der Waals surface area (Å²) in [5.74, 6) is 0.131. The van der Waals surface area contributed by atoms with Gasteiger partial charge in [-0.15, -0.1) is 0 Å². The molecule has 3 aliphatic rings. The fourth-order valence-corrected chi connectivity index (χ4v) is 3.95. The lowest BCUT2D eigenvalue weighted by molar-refractivity contribution is -0.134. The van der Waals surface area contributed by atoms with Crippen LogP contribution < -0.4 is 15.8 Å². The van der Waals surface area contributed by atoms with Crippen molar-refractivity contribution in [3.8, 4) is 0 Å². The van der Waals surface area contributed by atoms with Crippen LogP contribution in [0.1, 0.15) is 26.2 Å². The summed E-state index contributed by atoms with van der Waals surface area (Å²) in [6.45, 7) is 2.74. The van der Waals surface area contributed by atoms with E-state index in [1.807, 2.05) is 11.8 Å².